The summed E-state index contributed by atoms with van der Waals surface area (Å²) >= 11 is 1.22. The second-order valence-corrected chi connectivity index (χ2v) is 7.91. The molecule has 2 N–H and O–H groups in total. The Morgan fingerprint density at radius 3 is 2.90 bits per heavy atom. The Morgan fingerprint density at radius 1 is 1.10 bits per heavy atom. The molecule has 3 heterocycles. The maximum atomic E-state index is 12.2. The summed E-state index contributed by atoms with van der Waals surface area (Å²) < 4.78 is 16.8. The summed E-state index contributed by atoms with van der Waals surface area (Å²) in [5.41, 5.74) is 2.93. The highest BCUT2D eigenvalue weighted by Gasteiger charge is 2.15. The first-order chi connectivity index (χ1) is 15.3. The molecule has 0 saturated heterocycles. The van der Waals surface area contributed by atoms with Gasteiger partial charge in [-0.2, -0.15) is 0 Å². The third-order valence-electron chi connectivity index (χ3n) is 4.90. The molecule has 31 heavy (non-hydrogen) atoms. The van der Waals surface area contributed by atoms with E-state index < -0.39 is 0 Å². The van der Waals surface area contributed by atoms with Crippen molar-refractivity contribution in [2.45, 2.75) is 11.6 Å². The van der Waals surface area contributed by atoms with Crippen molar-refractivity contribution in [3.05, 3.63) is 54.2 Å². The predicted molar refractivity (Wildman–Crippen MR) is 116 cm³/mol. The first kappa shape index (κ1) is 19.5. The highest BCUT2D eigenvalue weighted by atomic mass is 32.2. The minimum atomic E-state index is -0.0885. The zero-order valence-electron chi connectivity index (χ0n) is 16.6. The third kappa shape index (κ3) is 4.36. The third-order valence-corrected chi connectivity index (χ3v) is 5.71. The molecule has 2 aromatic carbocycles. The molecule has 2 aromatic heterocycles. The highest BCUT2D eigenvalue weighted by Crippen LogP contribution is 2.31. The molecule has 0 unspecified atom stereocenters. The highest BCUT2D eigenvalue weighted by molar-refractivity contribution is 7.99. The van der Waals surface area contributed by atoms with Crippen molar-refractivity contribution in [1.82, 2.24) is 20.5 Å². The summed E-state index contributed by atoms with van der Waals surface area (Å²) in [5.74, 6) is 2.07. The molecule has 0 saturated carbocycles. The van der Waals surface area contributed by atoms with E-state index in [9.17, 15) is 4.79 Å². The van der Waals surface area contributed by atoms with Crippen LogP contribution >= 0.6 is 11.8 Å². The van der Waals surface area contributed by atoms with Gasteiger partial charge in [-0.25, -0.2) is 0 Å². The second kappa shape index (κ2) is 8.73. The van der Waals surface area contributed by atoms with Crippen LogP contribution in [0.4, 0.5) is 0 Å². The molecule has 5 rings (SSSR count). The normalized spacial score (nSPS) is 12.8. The van der Waals surface area contributed by atoms with Crippen LogP contribution in [-0.2, 0) is 11.2 Å². The van der Waals surface area contributed by atoms with Crippen LogP contribution in [0.5, 0.6) is 11.5 Å². The van der Waals surface area contributed by atoms with Gasteiger partial charge in [0.1, 0.15) is 13.2 Å². The number of hydrogen-bond acceptors (Lipinski definition) is 7. The van der Waals surface area contributed by atoms with Gasteiger partial charge in [-0.05, 0) is 30.2 Å². The maximum absolute atomic E-state index is 12.2. The number of nitrogens with one attached hydrogen (secondary N) is 2. The molecule has 0 bridgehead atoms. The largest absolute Gasteiger partial charge is 0.486 e. The van der Waals surface area contributed by atoms with E-state index in [4.69, 9.17) is 13.9 Å². The Hall–Kier alpha value is -3.46. The van der Waals surface area contributed by atoms with E-state index in [1.165, 1.54) is 11.8 Å². The number of amides is 1. The molecule has 0 atom stereocenters. The van der Waals surface area contributed by atoms with Crippen molar-refractivity contribution in [2.75, 3.05) is 25.5 Å². The quantitative estimate of drug-likeness (QED) is 0.428. The number of carbonyl (C=O) groups is 1. The Kier molecular flexibility index (Phi) is 5.49. The van der Waals surface area contributed by atoms with E-state index in [1.807, 2.05) is 48.7 Å². The molecule has 9 heteroatoms. The summed E-state index contributed by atoms with van der Waals surface area (Å²) in [6.45, 7) is 1.66. The first-order valence-corrected chi connectivity index (χ1v) is 10.9. The number of H-pyrrole nitrogens is 1. The number of aromatic amines is 1. The fourth-order valence-electron chi connectivity index (χ4n) is 3.39. The van der Waals surface area contributed by atoms with Crippen LogP contribution in [0, 0.1) is 0 Å². The molecule has 0 aliphatic carbocycles. The van der Waals surface area contributed by atoms with Crippen LogP contribution in [0.1, 0.15) is 5.56 Å². The number of benzene rings is 2. The van der Waals surface area contributed by atoms with Crippen LogP contribution in [-0.4, -0.2) is 46.6 Å². The lowest BCUT2D eigenvalue weighted by molar-refractivity contribution is -0.118. The minimum Gasteiger partial charge on any atom is -0.486 e. The van der Waals surface area contributed by atoms with E-state index in [0.29, 0.717) is 37.3 Å². The summed E-state index contributed by atoms with van der Waals surface area (Å²) in [4.78, 5) is 15.4. The molecule has 1 aliphatic rings. The zero-order valence-corrected chi connectivity index (χ0v) is 17.4. The Labute approximate surface area is 182 Å². The van der Waals surface area contributed by atoms with Gasteiger partial charge in [-0.1, -0.05) is 36.0 Å². The number of fused-ring (bicyclic) bond motifs is 2. The molecular weight excluding hydrogens is 416 g/mol. The van der Waals surface area contributed by atoms with Gasteiger partial charge in [0.15, 0.2) is 11.5 Å². The van der Waals surface area contributed by atoms with Crippen LogP contribution in [0.25, 0.3) is 22.4 Å². The van der Waals surface area contributed by atoms with Gasteiger partial charge < -0.3 is 24.2 Å². The van der Waals surface area contributed by atoms with Crippen molar-refractivity contribution >= 4 is 28.6 Å². The Morgan fingerprint density at radius 2 is 1.97 bits per heavy atom. The van der Waals surface area contributed by atoms with Crippen molar-refractivity contribution in [3.8, 4) is 23.0 Å². The summed E-state index contributed by atoms with van der Waals surface area (Å²) in [6.07, 6.45) is 2.55. The van der Waals surface area contributed by atoms with Crippen LogP contribution < -0.4 is 14.8 Å². The van der Waals surface area contributed by atoms with Crippen LogP contribution in [0.3, 0.4) is 0 Å². The lowest BCUT2D eigenvalue weighted by atomic mass is 10.1. The molecule has 8 nitrogen and oxygen atoms in total. The van der Waals surface area contributed by atoms with Crippen molar-refractivity contribution in [1.29, 1.82) is 0 Å². The average Bonchev–Trinajstić information content (AvgIpc) is 3.44. The lowest BCUT2D eigenvalue weighted by Crippen LogP contribution is -2.27. The van der Waals surface area contributed by atoms with Crippen molar-refractivity contribution < 1.29 is 18.7 Å². The summed E-state index contributed by atoms with van der Waals surface area (Å²) in [5, 5.41) is 12.4. The molecule has 0 spiro atoms. The Bertz CT molecular complexity index is 1220. The van der Waals surface area contributed by atoms with E-state index in [0.717, 1.165) is 33.5 Å². The first-order valence-electron chi connectivity index (χ1n) is 9.94. The molecule has 1 aliphatic heterocycles. The monoisotopic (exact) mass is 436 g/mol. The maximum Gasteiger partial charge on any atom is 0.277 e. The molecule has 4 aromatic rings. The molecule has 1 amide bonds. The fraction of sp³-hybridized carbons (Fsp3) is 0.227. The summed E-state index contributed by atoms with van der Waals surface area (Å²) in [7, 11) is 0. The van der Waals surface area contributed by atoms with Gasteiger partial charge in [0, 0.05) is 23.6 Å². The molecule has 0 radical (unpaired) electrons. The topological polar surface area (TPSA) is 102 Å². The second-order valence-electron chi connectivity index (χ2n) is 6.99. The van der Waals surface area contributed by atoms with Gasteiger partial charge in [-0.3, -0.25) is 4.79 Å². The Balaban J connectivity index is 1.11. The standard InChI is InChI=1S/C22H20N4O4S/c27-20(23-8-7-14-5-6-18-19(11-14)29-10-9-28-18)13-31-22-26-25-21(30-22)16-12-24-17-4-2-1-3-15(16)17/h1-6,11-12,24H,7-10,13H2,(H,23,27). The summed E-state index contributed by atoms with van der Waals surface area (Å²) in [6, 6.07) is 13.8. The number of nitrogens with zero attached hydrogens (tertiary/aromatic N) is 2. The number of ether oxygens (including phenoxy) is 2. The van der Waals surface area contributed by atoms with E-state index in [1.54, 1.807) is 0 Å². The van der Waals surface area contributed by atoms with Gasteiger partial charge in [0.25, 0.3) is 11.1 Å². The fourth-order valence-corrected chi connectivity index (χ4v) is 3.99. The van der Waals surface area contributed by atoms with Gasteiger partial charge in [-0.15, -0.1) is 10.2 Å². The smallest absolute Gasteiger partial charge is 0.277 e. The van der Waals surface area contributed by atoms with Gasteiger partial charge in [0.05, 0.1) is 11.3 Å². The van der Waals surface area contributed by atoms with E-state index in [2.05, 4.69) is 20.5 Å². The number of rotatable bonds is 7. The molecular formula is C22H20N4O4S. The molecule has 0 fully saturated rings. The van der Waals surface area contributed by atoms with Crippen LogP contribution in [0.2, 0.25) is 0 Å². The van der Waals surface area contributed by atoms with Crippen LogP contribution in [0.15, 0.2) is 58.3 Å². The lowest BCUT2D eigenvalue weighted by Gasteiger charge is -2.18. The number of hydrogen-bond donors (Lipinski definition) is 2. The van der Waals surface area contributed by atoms with Crippen molar-refractivity contribution in [3.63, 3.8) is 0 Å². The number of carbonyl (C=O) groups excluding carboxylic acids is 1. The number of para-hydroxylation sites is 1. The van der Waals surface area contributed by atoms with Gasteiger partial charge >= 0.3 is 0 Å². The zero-order chi connectivity index (χ0) is 21.0. The molecule has 158 valence electrons. The number of thioether (sulfide) groups is 1. The van der Waals surface area contributed by atoms with Gasteiger partial charge in [0.2, 0.25) is 5.91 Å². The SMILES string of the molecule is O=C(CSc1nnc(-c2c[nH]c3ccccc23)o1)NCCc1ccc2c(c1)OCCO2. The van der Waals surface area contributed by atoms with Crippen molar-refractivity contribution in [2.24, 2.45) is 0 Å². The van der Waals surface area contributed by atoms with E-state index in [-0.39, 0.29) is 11.7 Å². The number of aromatic nitrogens is 3. The van der Waals surface area contributed by atoms with E-state index >= 15 is 0 Å². The minimum absolute atomic E-state index is 0.0885. The predicted octanol–water partition coefficient (Wildman–Crippen LogP) is 3.44. The average molecular weight is 436 g/mol.